The molecule has 0 N–H and O–H groups in total. The topological polar surface area (TPSA) is 26.3 Å². The number of benzene rings is 1. The van der Waals surface area contributed by atoms with Gasteiger partial charge in [0, 0.05) is 6.42 Å². The third-order valence-corrected chi connectivity index (χ3v) is 3.13. The number of carbonyl (C=O) groups is 1. The van der Waals surface area contributed by atoms with Crippen molar-refractivity contribution < 1.29 is 9.53 Å². The lowest BCUT2D eigenvalue weighted by atomic mass is 9.86. The van der Waals surface area contributed by atoms with Crippen LogP contribution in [0, 0.1) is 6.92 Å². The van der Waals surface area contributed by atoms with Crippen molar-refractivity contribution in [2.24, 2.45) is 0 Å². The molecule has 106 valence electrons. The van der Waals surface area contributed by atoms with Crippen LogP contribution in [0.15, 0.2) is 18.2 Å². The van der Waals surface area contributed by atoms with Gasteiger partial charge in [-0.3, -0.25) is 0 Å². The van der Waals surface area contributed by atoms with Crippen LogP contribution in [0.3, 0.4) is 0 Å². The molecule has 0 aliphatic heterocycles. The minimum absolute atomic E-state index is 0.0857. The Morgan fingerprint density at radius 3 is 2.47 bits per heavy atom. The van der Waals surface area contributed by atoms with E-state index in [4.69, 9.17) is 4.74 Å². The van der Waals surface area contributed by atoms with E-state index in [9.17, 15) is 4.79 Å². The van der Waals surface area contributed by atoms with Gasteiger partial charge >= 0.3 is 0 Å². The molecule has 0 aliphatic carbocycles. The number of rotatable bonds is 6. The number of aryl methyl sites for hydroxylation is 1. The molecule has 0 fully saturated rings. The van der Waals surface area contributed by atoms with Crippen LogP contribution in [0.25, 0.3) is 0 Å². The summed E-state index contributed by atoms with van der Waals surface area (Å²) in [6, 6.07) is 6.38. The molecule has 0 radical (unpaired) electrons. The van der Waals surface area contributed by atoms with Crippen LogP contribution < -0.4 is 4.74 Å². The number of unbranched alkanes of at least 4 members (excludes halogenated alkanes) is 1. The van der Waals surface area contributed by atoms with Crippen molar-refractivity contribution in [1.82, 2.24) is 0 Å². The van der Waals surface area contributed by atoms with E-state index in [1.54, 1.807) is 6.92 Å². The van der Waals surface area contributed by atoms with Gasteiger partial charge in [-0.25, -0.2) is 0 Å². The van der Waals surface area contributed by atoms with Crippen molar-refractivity contribution >= 4 is 5.78 Å². The van der Waals surface area contributed by atoms with Gasteiger partial charge < -0.3 is 9.53 Å². The van der Waals surface area contributed by atoms with Gasteiger partial charge in [0.2, 0.25) is 0 Å². The molecule has 2 heteroatoms. The fraction of sp³-hybridized carbons (Fsp3) is 0.588. The lowest BCUT2D eigenvalue weighted by molar-refractivity contribution is -0.117. The minimum Gasteiger partial charge on any atom is -0.493 e. The number of hydrogen-bond acceptors (Lipinski definition) is 2. The first-order valence-corrected chi connectivity index (χ1v) is 7.04. The minimum atomic E-state index is 0.0857. The van der Waals surface area contributed by atoms with Crippen LogP contribution in [-0.2, 0) is 10.2 Å². The Bertz CT molecular complexity index is 427. The summed E-state index contributed by atoms with van der Waals surface area (Å²) in [6.07, 6.45) is 2.49. The number of ether oxygens (including phenoxy) is 1. The molecule has 19 heavy (non-hydrogen) atoms. The molecule has 1 rings (SSSR count). The Labute approximate surface area is 117 Å². The first-order valence-electron chi connectivity index (χ1n) is 7.04. The fourth-order valence-corrected chi connectivity index (χ4v) is 2.03. The third-order valence-electron chi connectivity index (χ3n) is 3.13. The van der Waals surface area contributed by atoms with Crippen LogP contribution in [-0.4, -0.2) is 12.4 Å². The summed E-state index contributed by atoms with van der Waals surface area (Å²) in [5.74, 6) is 1.24. The molecular formula is C17H26O2. The highest BCUT2D eigenvalue weighted by atomic mass is 16.5. The Balaban J connectivity index is 2.61. The molecule has 0 bridgehead atoms. The summed E-state index contributed by atoms with van der Waals surface area (Å²) < 4.78 is 5.91. The van der Waals surface area contributed by atoms with E-state index in [1.165, 1.54) is 11.1 Å². The normalized spacial score (nSPS) is 11.4. The van der Waals surface area contributed by atoms with Crippen LogP contribution in [0.2, 0.25) is 0 Å². The van der Waals surface area contributed by atoms with Gasteiger partial charge in [-0.2, -0.15) is 0 Å². The zero-order valence-electron chi connectivity index (χ0n) is 12.9. The molecular weight excluding hydrogens is 236 g/mol. The predicted molar refractivity (Wildman–Crippen MR) is 79.9 cm³/mol. The van der Waals surface area contributed by atoms with E-state index in [-0.39, 0.29) is 11.2 Å². The molecule has 0 amide bonds. The van der Waals surface area contributed by atoms with Crippen molar-refractivity contribution in [2.75, 3.05) is 6.61 Å². The zero-order chi connectivity index (χ0) is 14.5. The van der Waals surface area contributed by atoms with E-state index in [0.29, 0.717) is 13.0 Å². The van der Waals surface area contributed by atoms with Crippen molar-refractivity contribution in [1.29, 1.82) is 0 Å². The molecule has 0 unspecified atom stereocenters. The van der Waals surface area contributed by atoms with Gasteiger partial charge in [0.1, 0.15) is 11.5 Å². The van der Waals surface area contributed by atoms with Crippen LogP contribution in [0.1, 0.15) is 58.1 Å². The molecule has 0 atom stereocenters. The zero-order valence-corrected chi connectivity index (χ0v) is 12.9. The Morgan fingerprint density at radius 1 is 1.21 bits per heavy atom. The summed E-state index contributed by atoms with van der Waals surface area (Å²) in [7, 11) is 0. The highest BCUT2D eigenvalue weighted by Crippen LogP contribution is 2.32. The standard InChI is InChI=1S/C17H26O2/c1-13-9-10-15(17(3,4)5)16(12-13)19-11-7-6-8-14(2)18/h9-10,12H,6-8,11H2,1-5H3. The molecule has 0 saturated heterocycles. The van der Waals surface area contributed by atoms with Crippen LogP contribution >= 0.6 is 0 Å². The molecule has 0 spiro atoms. The molecule has 1 aromatic carbocycles. The molecule has 1 aromatic rings. The van der Waals surface area contributed by atoms with Gasteiger partial charge in [0.15, 0.2) is 0 Å². The average molecular weight is 262 g/mol. The smallest absolute Gasteiger partial charge is 0.129 e. The highest BCUT2D eigenvalue weighted by molar-refractivity contribution is 5.75. The molecule has 0 aliphatic rings. The summed E-state index contributed by atoms with van der Waals surface area (Å²) in [5, 5.41) is 0. The van der Waals surface area contributed by atoms with Crippen molar-refractivity contribution in [2.45, 2.75) is 59.3 Å². The second kappa shape index (κ2) is 6.74. The molecule has 0 heterocycles. The van der Waals surface area contributed by atoms with E-state index < -0.39 is 0 Å². The van der Waals surface area contributed by atoms with Crippen molar-refractivity contribution in [3.63, 3.8) is 0 Å². The lowest BCUT2D eigenvalue weighted by Gasteiger charge is -2.23. The van der Waals surface area contributed by atoms with E-state index >= 15 is 0 Å². The average Bonchev–Trinajstić information content (AvgIpc) is 2.26. The summed E-state index contributed by atoms with van der Waals surface area (Å²) in [4.78, 5) is 10.9. The predicted octanol–water partition coefficient (Wildman–Crippen LogP) is 4.43. The van der Waals surface area contributed by atoms with Gasteiger partial charge in [-0.1, -0.05) is 32.9 Å². The van der Waals surface area contributed by atoms with Gasteiger partial charge in [0.25, 0.3) is 0 Å². The second-order valence-electron chi connectivity index (χ2n) is 6.26. The third kappa shape index (κ3) is 5.46. The Hall–Kier alpha value is -1.31. The van der Waals surface area contributed by atoms with E-state index in [0.717, 1.165) is 18.6 Å². The second-order valence-corrected chi connectivity index (χ2v) is 6.26. The Kier molecular flexibility index (Phi) is 5.59. The number of hydrogen-bond donors (Lipinski definition) is 0. The summed E-state index contributed by atoms with van der Waals surface area (Å²) >= 11 is 0. The van der Waals surface area contributed by atoms with Crippen molar-refractivity contribution in [3.05, 3.63) is 29.3 Å². The molecule has 0 aromatic heterocycles. The number of Topliss-reactive ketones (excluding diaryl/α,β-unsaturated/α-hetero) is 1. The highest BCUT2D eigenvalue weighted by Gasteiger charge is 2.18. The van der Waals surface area contributed by atoms with Crippen LogP contribution in [0.5, 0.6) is 5.75 Å². The first kappa shape index (κ1) is 15.7. The maximum absolute atomic E-state index is 10.9. The van der Waals surface area contributed by atoms with Gasteiger partial charge in [0.05, 0.1) is 6.61 Å². The van der Waals surface area contributed by atoms with E-state index in [2.05, 4.69) is 45.9 Å². The van der Waals surface area contributed by atoms with Gasteiger partial charge in [-0.15, -0.1) is 0 Å². The quantitative estimate of drug-likeness (QED) is 0.709. The lowest BCUT2D eigenvalue weighted by Crippen LogP contribution is -2.14. The number of carbonyl (C=O) groups excluding carboxylic acids is 1. The monoisotopic (exact) mass is 262 g/mol. The first-order chi connectivity index (χ1) is 8.80. The van der Waals surface area contributed by atoms with Crippen molar-refractivity contribution in [3.8, 4) is 5.75 Å². The van der Waals surface area contributed by atoms with Crippen LogP contribution in [0.4, 0.5) is 0 Å². The maximum Gasteiger partial charge on any atom is 0.129 e. The molecule has 2 nitrogen and oxygen atoms in total. The largest absolute Gasteiger partial charge is 0.493 e. The number of ketones is 1. The fourth-order valence-electron chi connectivity index (χ4n) is 2.03. The Morgan fingerprint density at radius 2 is 1.89 bits per heavy atom. The summed E-state index contributed by atoms with van der Waals surface area (Å²) in [6.45, 7) is 11.0. The summed E-state index contributed by atoms with van der Waals surface area (Å²) in [5.41, 5.74) is 2.54. The maximum atomic E-state index is 10.9. The van der Waals surface area contributed by atoms with E-state index in [1.807, 2.05) is 0 Å². The molecule has 0 saturated carbocycles. The SMILES string of the molecule is CC(=O)CCCCOc1cc(C)ccc1C(C)(C)C. The van der Waals surface area contributed by atoms with Gasteiger partial charge in [-0.05, 0) is 49.3 Å².